The van der Waals surface area contributed by atoms with Crippen LogP contribution in [0, 0.1) is 5.21 Å². The lowest BCUT2D eigenvalue weighted by Gasteiger charge is -2.02. The Hall–Kier alpha value is -1.23. The van der Waals surface area contributed by atoms with E-state index < -0.39 is 0 Å². The third kappa shape index (κ3) is 1.50. The van der Waals surface area contributed by atoms with E-state index in [1.165, 1.54) is 20.3 Å². The third-order valence-corrected chi connectivity index (χ3v) is 1.50. The number of ether oxygens (including phenoxy) is 2. The van der Waals surface area contributed by atoms with E-state index >= 15 is 0 Å². The molecule has 0 aliphatic carbocycles. The molecular weight excluding hydrogens is 184 g/mol. The van der Waals surface area contributed by atoms with Crippen molar-refractivity contribution in [2.75, 3.05) is 14.2 Å². The summed E-state index contributed by atoms with van der Waals surface area (Å²) in [6.07, 6.45) is 0. The van der Waals surface area contributed by atoms with Gasteiger partial charge in [0, 0.05) is 0 Å². The molecule has 1 aromatic rings. The van der Waals surface area contributed by atoms with Crippen molar-refractivity contribution in [1.29, 1.82) is 0 Å². The van der Waals surface area contributed by atoms with Gasteiger partial charge in [0.1, 0.15) is 5.02 Å². The zero-order valence-corrected chi connectivity index (χ0v) is 7.33. The fraction of sp³-hybridized carbons (Fsp3) is 0.333. The number of nitrogens with zero attached hydrogens (tertiary/aromatic N) is 2. The van der Waals surface area contributed by atoms with Crippen molar-refractivity contribution in [3.8, 4) is 11.8 Å². The standard InChI is InChI=1S/C6H7ClN2O3/c1-11-5-3-4(7)6(12-2)8-9(5)10/h3H,1-2H3. The maximum Gasteiger partial charge on any atom is 0.407 e. The summed E-state index contributed by atoms with van der Waals surface area (Å²) in [4.78, 5) is 0.296. The summed E-state index contributed by atoms with van der Waals surface area (Å²) >= 11 is 5.66. The highest BCUT2D eigenvalue weighted by molar-refractivity contribution is 6.31. The number of hydrogen-bond acceptors (Lipinski definition) is 4. The third-order valence-electron chi connectivity index (χ3n) is 1.23. The molecule has 1 heterocycles. The van der Waals surface area contributed by atoms with Gasteiger partial charge in [-0.3, -0.25) is 0 Å². The molecule has 0 atom stereocenters. The average Bonchev–Trinajstić information content (AvgIpc) is 2.08. The van der Waals surface area contributed by atoms with E-state index in [4.69, 9.17) is 16.3 Å². The van der Waals surface area contributed by atoms with Gasteiger partial charge in [-0.25, -0.2) is 0 Å². The largest absolute Gasteiger partial charge is 0.591 e. The maximum atomic E-state index is 10.9. The lowest BCUT2D eigenvalue weighted by molar-refractivity contribution is -0.674. The molecule has 5 nitrogen and oxygen atoms in total. The Morgan fingerprint density at radius 2 is 2.17 bits per heavy atom. The molecule has 0 N–H and O–H groups in total. The fourth-order valence-electron chi connectivity index (χ4n) is 0.680. The van der Waals surface area contributed by atoms with Crippen LogP contribution in [0.3, 0.4) is 0 Å². The van der Waals surface area contributed by atoms with Crippen LogP contribution in [-0.2, 0) is 0 Å². The highest BCUT2D eigenvalue weighted by atomic mass is 35.5. The Balaban J connectivity index is 3.16. The molecule has 0 unspecified atom stereocenters. The van der Waals surface area contributed by atoms with E-state index in [0.717, 1.165) is 0 Å². The average molecular weight is 191 g/mol. The molecule has 1 rings (SSSR count). The molecular formula is C6H7ClN2O3. The first-order valence-electron chi connectivity index (χ1n) is 3.07. The van der Waals surface area contributed by atoms with Crippen LogP contribution < -0.4 is 14.3 Å². The molecule has 0 bridgehead atoms. The highest BCUT2D eigenvalue weighted by Crippen LogP contribution is 2.21. The molecule has 0 saturated carbocycles. The van der Waals surface area contributed by atoms with Crippen LogP contribution >= 0.6 is 11.6 Å². The molecule has 0 aliphatic heterocycles. The van der Waals surface area contributed by atoms with Crippen LogP contribution in [0.1, 0.15) is 0 Å². The minimum Gasteiger partial charge on any atom is -0.591 e. The van der Waals surface area contributed by atoms with Crippen molar-refractivity contribution in [3.63, 3.8) is 0 Å². The smallest absolute Gasteiger partial charge is 0.407 e. The minimum atomic E-state index is 0.0285. The van der Waals surface area contributed by atoms with Crippen molar-refractivity contribution in [1.82, 2.24) is 5.10 Å². The van der Waals surface area contributed by atoms with E-state index in [-0.39, 0.29) is 16.8 Å². The predicted molar refractivity (Wildman–Crippen MR) is 41.3 cm³/mol. The van der Waals surface area contributed by atoms with Gasteiger partial charge in [0.25, 0.3) is 5.88 Å². The summed E-state index contributed by atoms with van der Waals surface area (Å²) < 4.78 is 9.38. The van der Waals surface area contributed by atoms with Gasteiger partial charge in [0.15, 0.2) is 0 Å². The summed E-state index contributed by atoms with van der Waals surface area (Å²) in [5.74, 6) is 0.105. The van der Waals surface area contributed by atoms with Crippen LogP contribution in [0.5, 0.6) is 11.8 Å². The summed E-state index contributed by atoms with van der Waals surface area (Å²) in [6, 6.07) is 1.33. The second-order valence-corrected chi connectivity index (χ2v) is 2.32. The SMILES string of the molecule is COc1n[n+]([O-])c(OC)cc1Cl. The highest BCUT2D eigenvalue weighted by Gasteiger charge is 2.14. The zero-order chi connectivity index (χ0) is 9.14. The van der Waals surface area contributed by atoms with Gasteiger partial charge in [-0.05, 0) is 4.85 Å². The number of halogens is 1. The van der Waals surface area contributed by atoms with Crippen LogP contribution in [0.4, 0.5) is 0 Å². The van der Waals surface area contributed by atoms with Crippen molar-refractivity contribution in [2.24, 2.45) is 0 Å². The van der Waals surface area contributed by atoms with Gasteiger partial charge in [-0.2, -0.15) is 0 Å². The van der Waals surface area contributed by atoms with Gasteiger partial charge in [0.05, 0.1) is 25.4 Å². The van der Waals surface area contributed by atoms with Crippen LogP contribution in [0.25, 0.3) is 0 Å². The van der Waals surface area contributed by atoms with E-state index in [1.807, 2.05) is 0 Å². The molecule has 0 saturated heterocycles. The minimum absolute atomic E-state index is 0.0285. The maximum absolute atomic E-state index is 10.9. The van der Waals surface area contributed by atoms with E-state index in [2.05, 4.69) is 9.84 Å². The van der Waals surface area contributed by atoms with Crippen molar-refractivity contribution in [3.05, 3.63) is 16.3 Å². The fourth-order valence-corrected chi connectivity index (χ4v) is 0.889. The summed E-state index contributed by atoms with van der Waals surface area (Å²) in [5, 5.41) is 14.6. The molecule has 66 valence electrons. The summed E-state index contributed by atoms with van der Waals surface area (Å²) in [6.45, 7) is 0. The lowest BCUT2D eigenvalue weighted by atomic mass is 10.5. The van der Waals surface area contributed by atoms with Gasteiger partial charge in [0.2, 0.25) is 0 Å². The van der Waals surface area contributed by atoms with E-state index in [1.54, 1.807) is 0 Å². The number of methoxy groups -OCH3 is 2. The van der Waals surface area contributed by atoms with Gasteiger partial charge >= 0.3 is 5.88 Å². The predicted octanol–water partition coefficient (Wildman–Crippen LogP) is 0.386. The molecule has 1 aromatic heterocycles. The zero-order valence-electron chi connectivity index (χ0n) is 6.57. The van der Waals surface area contributed by atoms with Gasteiger partial charge in [-0.15, -0.1) is 0 Å². The first kappa shape index (κ1) is 8.86. The first-order chi connectivity index (χ1) is 5.69. The van der Waals surface area contributed by atoms with Crippen LogP contribution in [0.15, 0.2) is 6.07 Å². The Morgan fingerprint density at radius 1 is 1.50 bits per heavy atom. The van der Waals surface area contributed by atoms with Crippen LogP contribution in [-0.4, -0.2) is 19.3 Å². The molecule has 0 fully saturated rings. The van der Waals surface area contributed by atoms with E-state index in [9.17, 15) is 5.21 Å². The molecule has 6 heteroatoms. The Labute approximate surface area is 74.1 Å². The molecule has 0 radical (unpaired) electrons. The van der Waals surface area contributed by atoms with E-state index in [0.29, 0.717) is 4.85 Å². The molecule has 0 aliphatic rings. The first-order valence-corrected chi connectivity index (χ1v) is 3.45. The van der Waals surface area contributed by atoms with Gasteiger partial charge < -0.3 is 14.7 Å². The second-order valence-electron chi connectivity index (χ2n) is 1.92. The van der Waals surface area contributed by atoms with Gasteiger partial charge in [-0.1, -0.05) is 11.6 Å². The number of aromatic nitrogens is 2. The lowest BCUT2D eigenvalue weighted by Crippen LogP contribution is -2.33. The molecule has 12 heavy (non-hydrogen) atoms. The second kappa shape index (κ2) is 3.44. The normalized spacial score (nSPS) is 9.58. The molecule has 0 aromatic carbocycles. The monoisotopic (exact) mass is 190 g/mol. The van der Waals surface area contributed by atoms with Crippen LogP contribution in [0.2, 0.25) is 5.02 Å². The number of hydrogen-bond donors (Lipinski definition) is 0. The van der Waals surface area contributed by atoms with Crippen molar-refractivity contribution >= 4 is 11.6 Å². The summed E-state index contributed by atoms with van der Waals surface area (Å²) in [7, 11) is 2.73. The number of rotatable bonds is 2. The Bertz CT molecular complexity index is 263. The van der Waals surface area contributed by atoms with Crippen molar-refractivity contribution < 1.29 is 14.3 Å². The Kier molecular flexibility index (Phi) is 2.54. The van der Waals surface area contributed by atoms with Crippen molar-refractivity contribution in [2.45, 2.75) is 0 Å². The summed E-state index contributed by atoms with van der Waals surface area (Å²) in [5.41, 5.74) is 0. The molecule has 0 spiro atoms. The quantitative estimate of drug-likeness (QED) is 0.500. The molecule has 0 amide bonds. The Morgan fingerprint density at radius 3 is 2.67 bits per heavy atom. The topological polar surface area (TPSA) is 58.3 Å².